The highest BCUT2D eigenvalue weighted by Crippen LogP contribution is 2.57. The Hall–Kier alpha value is -2.80. The van der Waals surface area contributed by atoms with Crippen LogP contribution in [0.25, 0.3) is 0 Å². The monoisotopic (exact) mass is 689 g/mol. The number of ketones is 2. The Morgan fingerprint density at radius 1 is 1.13 bits per heavy atom. The third-order valence-electron chi connectivity index (χ3n) is 9.64. The maximum absolute atomic E-state index is 16.4. The summed E-state index contributed by atoms with van der Waals surface area (Å²) in [6.45, 7) is 4.90. The number of fused-ring (bicyclic) bond motifs is 4. The first-order valence-electron chi connectivity index (χ1n) is 16.0. The van der Waals surface area contributed by atoms with Crippen molar-refractivity contribution in [1.29, 1.82) is 0 Å². The third kappa shape index (κ3) is 5.21. The average Bonchev–Trinajstić information content (AvgIpc) is 3.74. The second-order valence-corrected chi connectivity index (χ2v) is 13.7. The fraction of sp³-hybridized carbons (Fsp3) is 0.606. The number of nitrogens with one attached hydrogen (secondary N) is 1. The van der Waals surface area contributed by atoms with Crippen molar-refractivity contribution in [1.82, 2.24) is 15.4 Å². The quantitative estimate of drug-likeness (QED) is 0.242. The predicted molar refractivity (Wildman–Crippen MR) is 166 cm³/mol. The third-order valence-corrected chi connectivity index (χ3v) is 10.5. The summed E-state index contributed by atoms with van der Waals surface area (Å²) < 4.78 is 34.3. The molecule has 12 heteroatoms. The van der Waals surface area contributed by atoms with Gasteiger partial charge in [0.05, 0.1) is 29.3 Å². The van der Waals surface area contributed by atoms with Crippen LogP contribution in [0.1, 0.15) is 102 Å². The van der Waals surface area contributed by atoms with Gasteiger partial charge in [-0.1, -0.05) is 26.7 Å². The summed E-state index contributed by atoms with van der Waals surface area (Å²) >= 11 is 3.54. The number of Topliss-reactive ketones (excluding diaryl/α,β-unsaturated/α-hetero) is 2. The number of aromatic nitrogens is 1. The maximum atomic E-state index is 16.4. The van der Waals surface area contributed by atoms with Gasteiger partial charge >= 0.3 is 0 Å². The number of allylic oxidation sites excluding steroid dienone is 1. The predicted octanol–water partition coefficient (Wildman–Crippen LogP) is 5.60. The molecule has 0 bridgehead atoms. The van der Waals surface area contributed by atoms with Crippen LogP contribution in [0.2, 0.25) is 0 Å². The molecule has 244 valence electrons. The molecule has 0 unspecified atom stereocenters. The summed E-state index contributed by atoms with van der Waals surface area (Å²) in [7, 11) is 3.55. The standard InChI is InChI=1S/C33H41BrFN3O7/c1-5-7-11-43-28-22-18(25(35)19(24(28)34)15-36-17-9-10-17)13-16-14-20-26(38(3)4)29-23(32(37-45-29)44-12-8-6-2)31(41)33(20,42)30(40)21(16)27(22)39/h16-17,20,26,36,40,42H,5-15H2,1-4H3/t16-,20-,26-,33-/m0/s1. The van der Waals surface area contributed by atoms with Crippen LogP contribution in [-0.2, 0) is 13.0 Å². The number of aliphatic hydroxyl groups is 2. The fourth-order valence-corrected chi connectivity index (χ4v) is 7.71. The molecule has 4 aliphatic rings. The molecule has 10 nitrogen and oxygen atoms in total. The number of unbranched alkanes of at least 4 members (excludes halogenated alkanes) is 2. The van der Waals surface area contributed by atoms with Crippen LogP contribution in [0.15, 0.2) is 20.3 Å². The number of nitrogens with zero attached hydrogens (tertiary/aromatic N) is 2. The largest absolute Gasteiger partial charge is 0.508 e. The Bertz CT molecular complexity index is 1550. The number of halogens is 2. The van der Waals surface area contributed by atoms with E-state index in [1.165, 1.54) is 0 Å². The summed E-state index contributed by atoms with van der Waals surface area (Å²) in [6.07, 6.45) is 5.45. The van der Waals surface area contributed by atoms with Crippen molar-refractivity contribution in [2.24, 2.45) is 11.8 Å². The lowest BCUT2D eigenvalue weighted by atomic mass is 9.58. The molecule has 45 heavy (non-hydrogen) atoms. The van der Waals surface area contributed by atoms with Crippen molar-refractivity contribution in [3.63, 3.8) is 0 Å². The molecule has 6 rings (SSSR count). The highest BCUT2D eigenvalue weighted by Gasteiger charge is 2.64. The van der Waals surface area contributed by atoms with Crippen LogP contribution < -0.4 is 14.8 Å². The normalized spacial score (nSPS) is 25.6. The van der Waals surface area contributed by atoms with Gasteiger partial charge in [0, 0.05) is 35.2 Å². The van der Waals surface area contributed by atoms with Crippen molar-refractivity contribution in [3.8, 4) is 11.6 Å². The van der Waals surface area contributed by atoms with Crippen LogP contribution in [0, 0.1) is 17.7 Å². The van der Waals surface area contributed by atoms with Crippen LogP contribution in [0.3, 0.4) is 0 Å². The van der Waals surface area contributed by atoms with Crippen molar-refractivity contribution >= 4 is 27.5 Å². The molecular weight excluding hydrogens is 649 g/mol. The van der Waals surface area contributed by atoms with E-state index in [4.69, 9.17) is 14.0 Å². The summed E-state index contributed by atoms with van der Waals surface area (Å²) in [5.41, 5.74) is -1.93. The molecule has 3 N–H and O–H groups in total. The smallest absolute Gasteiger partial charge is 0.265 e. The van der Waals surface area contributed by atoms with E-state index < -0.39 is 46.6 Å². The topological polar surface area (TPSA) is 134 Å². The van der Waals surface area contributed by atoms with Gasteiger partial charge in [-0.15, -0.1) is 0 Å². The Labute approximate surface area is 270 Å². The van der Waals surface area contributed by atoms with Crippen molar-refractivity contribution < 1.29 is 38.2 Å². The van der Waals surface area contributed by atoms with E-state index in [1.807, 2.05) is 13.8 Å². The lowest BCUT2D eigenvalue weighted by molar-refractivity contribution is -0.0559. The number of hydrogen-bond donors (Lipinski definition) is 3. The zero-order chi connectivity index (χ0) is 32.2. The van der Waals surface area contributed by atoms with Gasteiger partial charge in [0.1, 0.15) is 22.9 Å². The van der Waals surface area contributed by atoms with E-state index >= 15 is 4.39 Å². The minimum atomic E-state index is -2.44. The van der Waals surface area contributed by atoms with E-state index in [0.717, 1.165) is 38.5 Å². The van der Waals surface area contributed by atoms with E-state index in [2.05, 4.69) is 26.4 Å². The van der Waals surface area contributed by atoms with Gasteiger partial charge in [-0.3, -0.25) is 14.5 Å². The zero-order valence-electron chi connectivity index (χ0n) is 26.2. The van der Waals surface area contributed by atoms with Crippen molar-refractivity contribution in [2.45, 2.75) is 89.4 Å². The van der Waals surface area contributed by atoms with E-state index in [1.54, 1.807) is 19.0 Å². The molecular formula is C33H41BrFN3O7. The fourth-order valence-electron chi connectivity index (χ4n) is 7.09. The van der Waals surface area contributed by atoms with Gasteiger partial charge in [-0.25, -0.2) is 4.39 Å². The van der Waals surface area contributed by atoms with E-state index in [0.29, 0.717) is 29.3 Å². The summed E-state index contributed by atoms with van der Waals surface area (Å²) in [5, 5.41) is 31.5. The Morgan fingerprint density at radius 3 is 2.47 bits per heavy atom. The number of benzene rings is 1. The summed E-state index contributed by atoms with van der Waals surface area (Å²) in [6, 6.07) is -0.341. The van der Waals surface area contributed by atoms with Crippen molar-refractivity contribution in [2.75, 3.05) is 27.3 Å². The molecule has 1 saturated carbocycles. The van der Waals surface area contributed by atoms with Gasteiger partial charge in [0.25, 0.3) is 5.88 Å². The molecule has 2 aromatic rings. The molecule has 0 saturated heterocycles. The van der Waals surface area contributed by atoms with Crippen LogP contribution in [-0.4, -0.2) is 70.8 Å². The van der Waals surface area contributed by atoms with Gasteiger partial charge in [0.2, 0.25) is 5.78 Å². The minimum Gasteiger partial charge on any atom is -0.508 e. The molecule has 4 aliphatic carbocycles. The second kappa shape index (κ2) is 12.4. The highest BCUT2D eigenvalue weighted by atomic mass is 79.9. The Morgan fingerprint density at radius 2 is 1.82 bits per heavy atom. The average molecular weight is 691 g/mol. The number of ether oxygens (including phenoxy) is 2. The first kappa shape index (κ1) is 32.2. The second-order valence-electron chi connectivity index (χ2n) is 12.9. The number of hydrogen-bond acceptors (Lipinski definition) is 10. The van der Waals surface area contributed by atoms with Gasteiger partial charge in [-0.2, -0.15) is 0 Å². The first-order valence-corrected chi connectivity index (χ1v) is 16.8. The molecule has 4 atom stereocenters. The van der Waals surface area contributed by atoms with Crippen LogP contribution in [0.4, 0.5) is 4.39 Å². The molecule has 1 fully saturated rings. The lowest BCUT2D eigenvalue weighted by Crippen LogP contribution is -2.59. The Kier molecular flexibility index (Phi) is 8.88. The first-order chi connectivity index (χ1) is 21.6. The van der Waals surface area contributed by atoms with Gasteiger partial charge in [0.15, 0.2) is 17.1 Å². The maximum Gasteiger partial charge on any atom is 0.265 e. The van der Waals surface area contributed by atoms with Crippen LogP contribution >= 0.6 is 15.9 Å². The number of carbonyl (C=O) groups is 2. The molecule has 0 spiro atoms. The molecule has 1 aromatic heterocycles. The summed E-state index contributed by atoms with van der Waals surface area (Å²) in [5.74, 6) is -3.83. The molecule has 1 aromatic carbocycles. The van der Waals surface area contributed by atoms with E-state index in [-0.39, 0.29) is 59.0 Å². The number of aliphatic hydroxyl groups excluding tert-OH is 1. The van der Waals surface area contributed by atoms with E-state index in [9.17, 15) is 19.8 Å². The van der Waals surface area contributed by atoms with Crippen LogP contribution in [0.5, 0.6) is 11.6 Å². The lowest BCUT2D eigenvalue weighted by Gasteiger charge is -2.49. The highest BCUT2D eigenvalue weighted by molar-refractivity contribution is 9.10. The Balaban J connectivity index is 1.47. The number of carbonyl (C=O) groups excluding carboxylic acids is 2. The molecule has 1 heterocycles. The van der Waals surface area contributed by atoms with Gasteiger partial charge < -0.3 is 29.5 Å². The van der Waals surface area contributed by atoms with Crippen molar-refractivity contribution in [3.05, 3.63) is 49.6 Å². The number of rotatable bonds is 12. The molecule has 0 radical (unpaired) electrons. The SMILES string of the molecule is CCCCOc1noc2c1C(=O)[C@@]1(O)C(O)=C3C(=O)c4c(c(F)c(CNC5CC5)c(Br)c4OCCCC)C[C@H]3C[C@H]1[C@@H]2N(C)C. The molecule has 0 amide bonds. The zero-order valence-corrected chi connectivity index (χ0v) is 27.8. The molecule has 0 aliphatic heterocycles. The minimum absolute atomic E-state index is 0.0205. The van der Waals surface area contributed by atoms with Gasteiger partial charge in [-0.05, 0) is 79.6 Å². The summed E-state index contributed by atoms with van der Waals surface area (Å²) in [4.78, 5) is 30.3.